The molecule has 2 aromatic carbocycles. The predicted octanol–water partition coefficient (Wildman–Crippen LogP) is 2.68. The maximum atomic E-state index is 5.28. The van der Waals surface area contributed by atoms with E-state index < -0.39 is 0 Å². The lowest BCUT2D eigenvalue weighted by Crippen LogP contribution is -2.45. The largest absolute Gasteiger partial charge is 0.497 e. The number of nitrogens with zero attached hydrogens (tertiary/aromatic N) is 2. The number of aliphatic imine (C=N–C) groups is 1. The minimum Gasteiger partial charge on any atom is -0.497 e. The van der Waals surface area contributed by atoms with Gasteiger partial charge in [-0.1, -0.05) is 30.3 Å². The Labute approximate surface area is 156 Å². The molecule has 0 spiro atoms. The Morgan fingerprint density at radius 2 is 2.04 bits per heavy atom. The van der Waals surface area contributed by atoms with Crippen LogP contribution in [0, 0.1) is 0 Å². The first kappa shape index (κ1) is 18.1. The van der Waals surface area contributed by atoms with Gasteiger partial charge in [-0.15, -0.1) is 0 Å². The van der Waals surface area contributed by atoms with Gasteiger partial charge in [0.25, 0.3) is 0 Å². The van der Waals surface area contributed by atoms with Gasteiger partial charge in [-0.05, 0) is 42.7 Å². The lowest BCUT2D eigenvalue weighted by molar-refractivity contribution is 0.414. The smallest absolute Gasteiger partial charge is 0.191 e. The van der Waals surface area contributed by atoms with Crippen molar-refractivity contribution in [2.45, 2.75) is 18.9 Å². The zero-order valence-electron chi connectivity index (χ0n) is 15.6. The van der Waals surface area contributed by atoms with Crippen molar-refractivity contribution in [2.24, 2.45) is 4.99 Å². The molecular weight excluding hydrogens is 324 g/mol. The van der Waals surface area contributed by atoms with Crippen molar-refractivity contribution in [3.05, 3.63) is 60.2 Å². The summed E-state index contributed by atoms with van der Waals surface area (Å²) in [7, 11) is 3.52. The molecule has 1 aliphatic rings. The van der Waals surface area contributed by atoms with E-state index >= 15 is 0 Å². The highest BCUT2D eigenvalue weighted by Crippen LogP contribution is 2.19. The van der Waals surface area contributed by atoms with Crippen molar-refractivity contribution < 1.29 is 4.74 Å². The molecule has 3 rings (SSSR count). The summed E-state index contributed by atoms with van der Waals surface area (Å²) in [6, 6.07) is 19.2. The van der Waals surface area contributed by atoms with E-state index in [2.05, 4.69) is 63.0 Å². The van der Waals surface area contributed by atoms with E-state index in [9.17, 15) is 0 Å². The zero-order chi connectivity index (χ0) is 18.2. The molecule has 5 heteroatoms. The van der Waals surface area contributed by atoms with Crippen molar-refractivity contribution in [1.82, 2.24) is 10.6 Å². The number of methoxy groups -OCH3 is 1. The maximum Gasteiger partial charge on any atom is 0.191 e. The zero-order valence-corrected chi connectivity index (χ0v) is 15.6. The van der Waals surface area contributed by atoms with Crippen LogP contribution in [0.3, 0.4) is 0 Å². The molecule has 0 aromatic heterocycles. The molecule has 0 bridgehead atoms. The maximum absolute atomic E-state index is 5.28. The van der Waals surface area contributed by atoms with Crippen LogP contribution in [-0.2, 0) is 6.42 Å². The number of ether oxygens (including phenoxy) is 1. The number of anilines is 1. The van der Waals surface area contributed by atoms with Crippen LogP contribution in [0.1, 0.15) is 12.0 Å². The lowest BCUT2D eigenvalue weighted by Gasteiger charge is -2.20. The molecule has 1 unspecified atom stereocenters. The molecule has 138 valence electrons. The highest BCUT2D eigenvalue weighted by molar-refractivity contribution is 5.80. The fourth-order valence-corrected chi connectivity index (χ4v) is 3.29. The van der Waals surface area contributed by atoms with Crippen LogP contribution in [0.4, 0.5) is 5.69 Å². The van der Waals surface area contributed by atoms with Crippen molar-refractivity contribution in [3.63, 3.8) is 0 Å². The molecule has 2 N–H and O–H groups in total. The van der Waals surface area contributed by atoms with E-state index in [4.69, 9.17) is 4.74 Å². The van der Waals surface area contributed by atoms with Gasteiger partial charge in [-0.3, -0.25) is 4.99 Å². The third-order valence-electron chi connectivity index (χ3n) is 4.71. The molecule has 1 fully saturated rings. The molecule has 1 heterocycles. The molecule has 0 amide bonds. The Hall–Kier alpha value is -2.69. The molecule has 1 aliphatic heterocycles. The van der Waals surface area contributed by atoms with Crippen LogP contribution >= 0.6 is 0 Å². The molecule has 1 atom stereocenters. The first-order valence-corrected chi connectivity index (χ1v) is 9.18. The minimum absolute atomic E-state index is 0.415. The number of guanidine groups is 1. The first-order valence-electron chi connectivity index (χ1n) is 9.18. The second kappa shape index (κ2) is 9.13. The molecule has 1 saturated heterocycles. The van der Waals surface area contributed by atoms with Crippen LogP contribution in [0.25, 0.3) is 0 Å². The highest BCUT2D eigenvalue weighted by atomic mass is 16.5. The lowest BCUT2D eigenvalue weighted by atomic mass is 10.1. The van der Waals surface area contributed by atoms with E-state index in [0.29, 0.717) is 6.04 Å². The fourth-order valence-electron chi connectivity index (χ4n) is 3.29. The first-order chi connectivity index (χ1) is 12.8. The van der Waals surface area contributed by atoms with Crippen molar-refractivity contribution in [2.75, 3.05) is 38.7 Å². The number of rotatable bonds is 6. The number of nitrogens with one attached hydrogen (secondary N) is 2. The van der Waals surface area contributed by atoms with Crippen LogP contribution in [-0.4, -0.2) is 45.8 Å². The van der Waals surface area contributed by atoms with E-state index in [1.165, 1.54) is 11.3 Å². The van der Waals surface area contributed by atoms with E-state index in [-0.39, 0.29) is 0 Å². The third kappa shape index (κ3) is 4.91. The number of hydrogen-bond donors (Lipinski definition) is 2. The van der Waals surface area contributed by atoms with Gasteiger partial charge in [0.05, 0.1) is 7.11 Å². The summed E-state index contributed by atoms with van der Waals surface area (Å²) in [5.74, 6) is 1.77. The number of benzene rings is 2. The van der Waals surface area contributed by atoms with Gasteiger partial charge in [0.1, 0.15) is 5.75 Å². The topological polar surface area (TPSA) is 48.9 Å². The molecule has 5 nitrogen and oxygen atoms in total. The van der Waals surface area contributed by atoms with Gasteiger partial charge in [-0.25, -0.2) is 0 Å². The Kier molecular flexibility index (Phi) is 6.36. The molecule has 0 saturated carbocycles. The summed E-state index contributed by atoms with van der Waals surface area (Å²) in [6.07, 6.45) is 2.05. The van der Waals surface area contributed by atoms with Crippen LogP contribution in [0.15, 0.2) is 59.6 Å². The normalized spacial score (nSPS) is 17.2. The molecule has 0 radical (unpaired) electrons. The van der Waals surface area contributed by atoms with Crippen LogP contribution in [0.2, 0.25) is 0 Å². The summed E-state index contributed by atoms with van der Waals surface area (Å²) >= 11 is 0. The standard InChI is InChI=1S/C21H28N4O/c1-22-21(23-13-11-17-7-6-10-20(15-17)26-2)24-18-12-14-25(16-18)19-8-4-3-5-9-19/h3-10,15,18H,11-14,16H2,1-2H3,(H2,22,23,24). The quantitative estimate of drug-likeness (QED) is 0.620. The molecular formula is C21H28N4O. The van der Waals surface area contributed by atoms with Crippen molar-refractivity contribution in [3.8, 4) is 5.75 Å². The molecule has 0 aliphatic carbocycles. The average Bonchev–Trinajstić information content (AvgIpc) is 3.16. The Morgan fingerprint density at radius 1 is 1.19 bits per heavy atom. The van der Waals surface area contributed by atoms with Gasteiger partial charge < -0.3 is 20.3 Å². The van der Waals surface area contributed by atoms with Gasteiger partial charge in [0.15, 0.2) is 5.96 Å². The predicted molar refractivity (Wildman–Crippen MR) is 108 cm³/mol. The Morgan fingerprint density at radius 3 is 2.81 bits per heavy atom. The fraction of sp³-hybridized carbons (Fsp3) is 0.381. The van der Waals surface area contributed by atoms with E-state index in [0.717, 1.165) is 44.2 Å². The van der Waals surface area contributed by atoms with E-state index in [1.54, 1.807) is 7.11 Å². The second-order valence-corrected chi connectivity index (χ2v) is 6.51. The van der Waals surface area contributed by atoms with Gasteiger partial charge in [0.2, 0.25) is 0 Å². The van der Waals surface area contributed by atoms with E-state index in [1.807, 2.05) is 19.2 Å². The number of para-hydroxylation sites is 1. The average molecular weight is 352 g/mol. The summed E-state index contributed by atoms with van der Waals surface area (Å²) in [4.78, 5) is 6.78. The SMILES string of the molecule is CN=C(NCCc1cccc(OC)c1)NC1CCN(c2ccccc2)C1. The Bertz CT molecular complexity index is 717. The van der Waals surface area contributed by atoms with Crippen molar-refractivity contribution >= 4 is 11.6 Å². The van der Waals surface area contributed by atoms with Gasteiger partial charge in [-0.2, -0.15) is 0 Å². The summed E-state index contributed by atoms with van der Waals surface area (Å²) in [6.45, 7) is 2.91. The summed E-state index contributed by atoms with van der Waals surface area (Å²) in [5.41, 5.74) is 2.54. The molecule has 2 aromatic rings. The van der Waals surface area contributed by atoms with Gasteiger partial charge >= 0.3 is 0 Å². The van der Waals surface area contributed by atoms with Crippen LogP contribution in [0.5, 0.6) is 5.75 Å². The molecule has 26 heavy (non-hydrogen) atoms. The van der Waals surface area contributed by atoms with Crippen molar-refractivity contribution in [1.29, 1.82) is 0 Å². The number of hydrogen-bond acceptors (Lipinski definition) is 3. The monoisotopic (exact) mass is 352 g/mol. The second-order valence-electron chi connectivity index (χ2n) is 6.51. The Balaban J connectivity index is 1.45. The third-order valence-corrected chi connectivity index (χ3v) is 4.71. The summed E-state index contributed by atoms with van der Waals surface area (Å²) in [5, 5.41) is 6.96. The van der Waals surface area contributed by atoms with Crippen LogP contribution < -0.4 is 20.3 Å². The summed E-state index contributed by atoms with van der Waals surface area (Å²) < 4.78 is 5.28. The minimum atomic E-state index is 0.415. The highest BCUT2D eigenvalue weighted by Gasteiger charge is 2.23. The van der Waals surface area contributed by atoms with Gasteiger partial charge in [0, 0.05) is 38.4 Å².